The summed E-state index contributed by atoms with van der Waals surface area (Å²) in [5, 5.41) is 4.19. The van der Waals surface area contributed by atoms with Gasteiger partial charge in [-0.15, -0.1) is 0 Å². The monoisotopic (exact) mass is 243 g/mol. The fourth-order valence-electron chi connectivity index (χ4n) is 2.29. The first-order chi connectivity index (χ1) is 8.65. The molecule has 0 fully saturated rings. The zero-order valence-electron chi connectivity index (χ0n) is 11.1. The molecule has 0 aliphatic carbocycles. The van der Waals surface area contributed by atoms with E-state index in [0.717, 1.165) is 19.3 Å². The molecular weight excluding hydrogens is 222 g/mol. The molecule has 2 rings (SSSR count). The first kappa shape index (κ1) is 12.8. The smallest absolute Gasteiger partial charge is 0.0492 e. The fraction of sp³-hybridized carbons (Fsp3) is 0.400. The van der Waals surface area contributed by atoms with Crippen molar-refractivity contribution in [2.45, 2.75) is 31.7 Å². The van der Waals surface area contributed by atoms with E-state index in [0.29, 0.717) is 0 Å². The number of nitrogens with two attached hydrogens (primary N) is 1. The summed E-state index contributed by atoms with van der Waals surface area (Å²) in [6.45, 7) is 2.15. The van der Waals surface area contributed by atoms with E-state index in [2.05, 4.69) is 42.4 Å². The van der Waals surface area contributed by atoms with E-state index in [9.17, 15) is 0 Å². The van der Waals surface area contributed by atoms with Gasteiger partial charge in [0.1, 0.15) is 0 Å². The lowest BCUT2D eigenvalue weighted by Gasteiger charge is -2.29. The highest BCUT2D eigenvalue weighted by Crippen LogP contribution is 2.27. The number of benzene rings is 1. The molecule has 0 spiro atoms. The Morgan fingerprint density at radius 2 is 1.94 bits per heavy atom. The van der Waals surface area contributed by atoms with Gasteiger partial charge in [0.15, 0.2) is 0 Å². The molecular formula is C15H21N3. The molecule has 96 valence electrons. The molecule has 3 heteroatoms. The molecule has 1 unspecified atom stereocenters. The van der Waals surface area contributed by atoms with Gasteiger partial charge in [-0.05, 0) is 30.9 Å². The van der Waals surface area contributed by atoms with E-state index in [1.165, 1.54) is 11.3 Å². The van der Waals surface area contributed by atoms with Crippen LogP contribution in [0.2, 0.25) is 0 Å². The topological polar surface area (TPSA) is 43.8 Å². The van der Waals surface area contributed by atoms with Gasteiger partial charge in [-0.25, -0.2) is 0 Å². The molecule has 18 heavy (non-hydrogen) atoms. The molecule has 0 saturated heterocycles. The summed E-state index contributed by atoms with van der Waals surface area (Å²) in [6, 6.07) is 12.4. The first-order valence-corrected chi connectivity index (χ1v) is 6.47. The summed E-state index contributed by atoms with van der Waals surface area (Å²) in [5.74, 6) is 0. The van der Waals surface area contributed by atoms with Crippen molar-refractivity contribution >= 4 is 0 Å². The van der Waals surface area contributed by atoms with Gasteiger partial charge < -0.3 is 5.73 Å². The van der Waals surface area contributed by atoms with Crippen LogP contribution < -0.4 is 5.73 Å². The molecule has 2 N–H and O–H groups in total. The van der Waals surface area contributed by atoms with Gasteiger partial charge in [0.25, 0.3) is 0 Å². The predicted molar refractivity (Wildman–Crippen MR) is 74.1 cm³/mol. The maximum Gasteiger partial charge on any atom is 0.0492 e. The van der Waals surface area contributed by atoms with Crippen LogP contribution in [0.1, 0.15) is 31.0 Å². The number of rotatable bonds is 5. The van der Waals surface area contributed by atoms with Crippen LogP contribution in [0.3, 0.4) is 0 Å². The number of hydrogen-bond acceptors (Lipinski definition) is 2. The van der Waals surface area contributed by atoms with Crippen molar-refractivity contribution in [2.75, 3.05) is 0 Å². The van der Waals surface area contributed by atoms with E-state index in [-0.39, 0.29) is 5.54 Å². The number of nitrogens with zero attached hydrogens (tertiary/aromatic N) is 2. The summed E-state index contributed by atoms with van der Waals surface area (Å²) in [7, 11) is 1.97. The average Bonchev–Trinajstić information content (AvgIpc) is 2.83. The minimum atomic E-state index is -0.245. The van der Waals surface area contributed by atoms with Crippen LogP contribution in [-0.4, -0.2) is 9.78 Å². The van der Waals surface area contributed by atoms with Crippen molar-refractivity contribution < 1.29 is 0 Å². The molecule has 1 aromatic heterocycles. The van der Waals surface area contributed by atoms with Gasteiger partial charge in [0.2, 0.25) is 0 Å². The Hall–Kier alpha value is -1.61. The first-order valence-electron chi connectivity index (χ1n) is 6.47. The van der Waals surface area contributed by atoms with Gasteiger partial charge in [-0.2, -0.15) is 5.10 Å². The second-order valence-corrected chi connectivity index (χ2v) is 4.82. The van der Waals surface area contributed by atoms with Crippen molar-refractivity contribution in [2.24, 2.45) is 12.8 Å². The summed E-state index contributed by atoms with van der Waals surface area (Å²) >= 11 is 0. The molecule has 2 aromatic rings. The van der Waals surface area contributed by atoms with E-state index in [1.807, 2.05) is 24.0 Å². The standard InChI is InChI=1S/C15H21N3/c1-3-15(16,13-7-5-4-6-8-13)11-9-14-10-12-17-18(14)2/h4-8,10,12H,3,9,11,16H2,1-2H3. The zero-order chi connectivity index (χ0) is 13.0. The van der Waals surface area contributed by atoms with Gasteiger partial charge in [-0.1, -0.05) is 37.3 Å². The molecule has 0 aliphatic heterocycles. The van der Waals surface area contributed by atoms with Crippen molar-refractivity contribution in [1.29, 1.82) is 0 Å². The Balaban J connectivity index is 2.12. The lowest BCUT2D eigenvalue weighted by atomic mass is 9.83. The molecule has 1 aromatic carbocycles. The Labute approximate surface area is 109 Å². The molecule has 3 nitrogen and oxygen atoms in total. The molecule has 1 heterocycles. The van der Waals surface area contributed by atoms with Crippen LogP contribution in [0.25, 0.3) is 0 Å². The van der Waals surface area contributed by atoms with E-state index in [1.54, 1.807) is 0 Å². The van der Waals surface area contributed by atoms with Crippen molar-refractivity contribution in [3.63, 3.8) is 0 Å². The molecule has 0 aliphatic rings. The molecule has 0 amide bonds. The minimum absolute atomic E-state index is 0.245. The van der Waals surface area contributed by atoms with Gasteiger partial charge in [0.05, 0.1) is 0 Å². The Kier molecular flexibility index (Phi) is 3.82. The Morgan fingerprint density at radius 3 is 2.50 bits per heavy atom. The summed E-state index contributed by atoms with van der Waals surface area (Å²) < 4.78 is 1.92. The summed E-state index contributed by atoms with van der Waals surface area (Å²) in [6.07, 6.45) is 4.67. The van der Waals surface area contributed by atoms with Crippen molar-refractivity contribution in [1.82, 2.24) is 9.78 Å². The lowest BCUT2D eigenvalue weighted by molar-refractivity contribution is 0.390. The predicted octanol–water partition coefficient (Wildman–Crippen LogP) is 2.62. The van der Waals surface area contributed by atoms with Crippen LogP contribution in [0.5, 0.6) is 0 Å². The third-order valence-electron chi connectivity index (χ3n) is 3.73. The number of hydrogen-bond donors (Lipinski definition) is 1. The van der Waals surface area contributed by atoms with E-state index < -0.39 is 0 Å². The van der Waals surface area contributed by atoms with Crippen LogP contribution in [0.15, 0.2) is 42.6 Å². The van der Waals surface area contributed by atoms with Gasteiger partial charge in [-0.3, -0.25) is 4.68 Å². The van der Waals surface area contributed by atoms with Crippen LogP contribution in [-0.2, 0) is 19.0 Å². The third-order valence-corrected chi connectivity index (χ3v) is 3.73. The normalized spacial score (nSPS) is 14.4. The quantitative estimate of drug-likeness (QED) is 0.877. The van der Waals surface area contributed by atoms with Gasteiger partial charge in [0, 0.05) is 24.5 Å². The maximum absolute atomic E-state index is 6.56. The van der Waals surface area contributed by atoms with E-state index >= 15 is 0 Å². The Bertz CT molecular complexity index is 489. The van der Waals surface area contributed by atoms with E-state index in [4.69, 9.17) is 5.73 Å². The summed E-state index contributed by atoms with van der Waals surface area (Å²) in [4.78, 5) is 0. The highest BCUT2D eigenvalue weighted by molar-refractivity contribution is 5.24. The highest BCUT2D eigenvalue weighted by atomic mass is 15.2. The van der Waals surface area contributed by atoms with Crippen LogP contribution in [0, 0.1) is 0 Å². The van der Waals surface area contributed by atoms with Crippen LogP contribution >= 0.6 is 0 Å². The highest BCUT2D eigenvalue weighted by Gasteiger charge is 2.24. The number of aromatic nitrogens is 2. The molecule has 0 saturated carbocycles. The zero-order valence-corrected chi connectivity index (χ0v) is 11.1. The maximum atomic E-state index is 6.56. The SMILES string of the molecule is CCC(N)(CCc1ccnn1C)c1ccccc1. The molecule has 1 atom stereocenters. The van der Waals surface area contributed by atoms with Crippen LogP contribution in [0.4, 0.5) is 0 Å². The number of aryl methyl sites for hydroxylation is 2. The van der Waals surface area contributed by atoms with Gasteiger partial charge >= 0.3 is 0 Å². The van der Waals surface area contributed by atoms with Crippen molar-refractivity contribution in [3.05, 3.63) is 53.9 Å². The largest absolute Gasteiger partial charge is 0.321 e. The molecule has 0 radical (unpaired) electrons. The van der Waals surface area contributed by atoms with Crippen molar-refractivity contribution in [3.8, 4) is 0 Å². The average molecular weight is 243 g/mol. The second-order valence-electron chi connectivity index (χ2n) is 4.82. The Morgan fingerprint density at radius 1 is 1.22 bits per heavy atom. The summed E-state index contributed by atoms with van der Waals surface area (Å²) in [5.41, 5.74) is 8.76. The third kappa shape index (κ3) is 2.62. The molecule has 0 bridgehead atoms. The minimum Gasteiger partial charge on any atom is -0.321 e. The lowest BCUT2D eigenvalue weighted by Crippen LogP contribution is -2.36. The fourth-order valence-corrected chi connectivity index (χ4v) is 2.29. The second kappa shape index (κ2) is 5.36.